The molecule has 0 aliphatic rings. The van der Waals surface area contributed by atoms with E-state index in [2.05, 4.69) is 0 Å². The molecule has 0 aliphatic carbocycles. The molecule has 3 rings (SSSR count). The van der Waals surface area contributed by atoms with E-state index in [1.807, 2.05) is 31.2 Å². The van der Waals surface area contributed by atoms with Crippen molar-refractivity contribution < 1.29 is 29.2 Å². The Balaban J connectivity index is 2.17. The maximum atomic E-state index is 10.3. The second-order valence-corrected chi connectivity index (χ2v) is 6.44. The molecule has 0 bridgehead atoms. The molecule has 0 aliphatic heterocycles. The molecule has 0 radical (unpaired) electrons. The predicted octanol–water partition coefficient (Wildman–Crippen LogP) is 4.77. The molecule has 0 atom stereocenters. The molecule has 0 aromatic heterocycles. The summed E-state index contributed by atoms with van der Waals surface area (Å²) < 4.78 is 21.2. The molecule has 0 unspecified atom stereocenters. The van der Waals surface area contributed by atoms with E-state index in [1.165, 1.54) is 28.4 Å². The van der Waals surface area contributed by atoms with Gasteiger partial charge in [-0.3, -0.25) is 0 Å². The molecule has 6 heteroatoms. The van der Waals surface area contributed by atoms with Crippen molar-refractivity contribution in [3.05, 3.63) is 48.0 Å². The van der Waals surface area contributed by atoms with Crippen molar-refractivity contribution in [1.29, 1.82) is 0 Å². The van der Waals surface area contributed by atoms with Crippen LogP contribution < -0.4 is 18.9 Å². The van der Waals surface area contributed by atoms with Gasteiger partial charge in [0.2, 0.25) is 11.5 Å². The molecule has 0 heterocycles. The maximum absolute atomic E-state index is 10.3. The second-order valence-electron chi connectivity index (χ2n) is 6.44. The topological polar surface area (TPSA) is 77.4 Å². The summed E-state index contributed by atoms with van der Waals surface area (Å²) in [5, 5.41) is 20.5. The van der Waals surface area contributed by atoms with Crippen LogP contribution in [0.25, 0.3) is 22.3 Å². The lowest BCUT2D eigenvalue weighted by molar-refractivity contribution is 0.338. The molecule has 0 saturated heterocycles. The van der Waals surface area contributed by atoms with Crippen LogP contribution in [0, 0.1) is 6.92 Å². The Labute approximate surface area is 169 Å². The Hall–Kier alpha value is -3.54. The van der Waals surface area contributed by atoms with Crippen LogP contribution in [-0.2, 0) is 0 Å². The minimum Gasteiger partial charge on any atom is -0.502 e. The first kappa shape index (κ1) is 20.2. The first-order chi connectivity index (χ1) is 13.9. The summed E-state index contributed by atoms with van der Waals surface area (Å²) in [4.78, 5) is 0. The molecule has 3 aromatic rings. The van der Waals surface area contributed by atoms with Gasteiger partial charge in [-0.25, -0.2) is 0 Å². The van der Waals surface area contributed by atoms with Gasteiger partial charge in [-0.05, 0) is 53.4 Å². The molecular formula is C23H24O6. The van der Waals surface area contributed by atoms with Crippen molar-refractivity contribution in [2.24, 2.45) is 0 Å². The Bertz CT molecular complexity index is 1020. The Morgan fingerprint density at radius 1 is 0.621 bits per heavy atom. The van der Waals surface area contributed by atoms with Gasteiger partial charge in [0.25, 0.3) is 0 Å². The third-order valence-corrected chi connectivity index (χ3v) is 4.88. The number of methoxy groups -OCH3 is 4. The summed E-state index contributed by atoms with van der Waals surface area (Å²) in [7, 11) is 6.00. The predicted molar refractivity (Wildman–Crippen MR) is 112 cm³/mol. The molecule has 0 saturated carbocycles. The summed E-state index contributed by atoms with van der Waals surface area (Å²) in [5.74, 6) is 1.29. The summed E-state index contributed by atoms with van der Waals surface area (Å²) >= 11 is 0. The number of ether oxygens (including phenoxy) is 4. The smallest absolute Gasteiger partial charge is 0.201 e. The first-order valence-corrected chi connectivity index (χ1v) is 8.95. The average Bonchev–Trinajstić information content (AvgIpc) is 2.74. The number of benzene rings is 3. The van der Waals surface area contributed by atoms with Crippen LogP contribution in [-0.4, -0.2) is 38.7 Å². The van der Waals surface area contributed by atoms with Gasteiger partial charge in [-0.15, -0.1) is 0 Å². The van der Waals surface area contributed by atoms with Crippen LogP contribution in [0.2, 0.25) is 0 Å². The van der Waals surface area contributed by atoms with E-state index < -0.39 is 0 Å². The normalized spacial score (nSPS) is 10.5. The molecule has 6 nitrogen and oxygen atoms in total. The average molecular weight is 396 g/mol. The van der Waals surface area contributed by atoms with Crippen molar-refractivity contribution in [3.8, 4) is 56.8 Å². The lowest BCUT2D eigenvalue weighted by Gasteiger charge is -2.16. The van der Waals surface area contributed by atoms with Gasteiger partial charge < -0.3 is 29.2 Å². The van der Waals surface area contributed by atoms with Gasteiger partial charge in [0.05, 0.1) is 28.4 Å². The maximum Gasteiger partial charge on any atom is 0.201 e. The SMILES string of the molecule is COc1cc(-c2cccc(-c3cc(OC)c(O)c(OC)c3C)c2)cc(OC)c1O. The highest BCUT2D eigenvalue weighted by molar-refractivity contribution is 5.80. The number of hydrogen-bond donors (Lipinski definition) is 2. The summed E-state index contributed by atoms with van der Waals surface area (Å²) in [5.41, 5.74) is 4.32. The van der Waals surface area contributed by atoms with Gasteiger partial charge in [-0.2, -0.15) is 0 Å². The number of aromatic hydroxyl groups is 2. The van der Waals surface area contributed by atoms with Gasteiger partial charge in [-0.1, -0.05) is 18.2 Å². The standard InChI is InChI=1S/C23H24O6/c1-13-17(12-20(28-4)22(25)23(13)29-5)15-8-6-7-14(9-15)16-10-18(26-2)21(24)19(11-16)27-3/h6-12,24-25H,1-5H3. The van der Waals surface area contributed by atoms with Crippen LogP contribution >= 0.6 is 0 Å². The van der Waals surface area contributed by atoms with Crippen LogP contribution in [0.3, 0.4) is 0 Å². The summed E-state index contributed by atoms with van der Waals surface area (Å²) in [6, 6.07) is 13.1. The van der Waals surface area contributed by atoms with E-state index in [0.29, 0.717) is 23.0 Å². The fourth-order valence-corrected chi connectivity index (χ4v) is 3.35. The summed E-state index contributed by atoms with van der Waals surface area (Å²) in [6.45, 7) is 1.88. The van der Waals surface area contributed by atoms with E-state index in [9.17, 15) is 10.2 Å². The van der Waals surface area contributed by atoms with Gasteiger partial charge in [0.1, 0.15) is 0 Å². The van der Waals surface area contributed by atoms with E-state index in [4.69, 9.17) is 18.9 Å². The number of phenols is 2. The van der Waals surface area contributed by atoms with Crippen molar-refractivity contribution in [3.63, 3.8) is 0 Å². The minimum absolute atomic E-state index is 0.0274. The largest absolute Gasteiger partial charge is 0.502 e. The lowest BCUT2D eigenvalue weighted by Crippen LogP contribution is -1.95. The molecule has 0 spiro atoms. The van der Waals surface area contributed by atoms with E-state index in [1.54, 1.807) is 18.2 Å². The van der Waals surface area contributed by atoms with Crippen molar-refractivity contribution in [2.75, 3.05) is 28.4 Å². The fraction of sp³-hybridized carbons (Fsp3) is 0.217. The van der Waals surface area contributed by atoms with Crippen LogP contribution in [0.15, 0.2) is 42.5 Å². The summed E-state index contributed by atoms with van der Waals surface area (Å²) in [6.07, 6.45) is 0. The molecule has 0 amide bonds. The molecule has 0 fully saturated rings. The number of rotatable bonds is 6. The highest BCUT2D eigenvalue weighted by Crippen LogP contribution is 2.45. The third kappa shape index (κ3) is 3.61. The monoisotopic (exact) mass is 396 g/mol. The van der Waals surface area contributed by atoms with Crippen LogP contribution in [0.1, 0.15) is 5.56 Å². The quantitative estimate of drug-likeness (QED) is 0.625. The molecule has 152 valence electrons. The zero-order valence-corrected chi connectivity index (χ0v) is 17.1. The Morgan fingerprint density at radius 3 is 1.72 bits per heavy atom. The van der Waals surface area contributed by atoms with Crippen molar-refractivity contribution in [2.45, 2.75) is 6.92 Å². The van der Waals surface area contributed by atoms with Gasteiger partial charge in [0, 0.05) is 5.56 Å². The van der Waals surface area contributed by atoms with E-state index in [0.717, 1.165) is 27.8 Å². The number of hydrogen-bond acceptors (Lipinski definition) is 6. The third-order valence-electron chi connectivity index (χ3n) is 4.88. The Kier molecular flexibility index (Phi) is 5.73. The first-order valence-electron chi connectivity index (χ1n) is 8.95. The van der Waals surface area contributed by atoms with E-state index >= 15 is 0 Å². The molecule has 3 aromatic carbocycles. The second kappa shape index (κ2) is 8.22. The zero-order chi connectivity index (χ0) is 21.1. The fourth-order valence-electron chi connectivity index (χ4n) is 3.35. The zero-order valence-electron chi connectivity index (χ0n) is 17.1. The Morgan fingerprint density at radius 2 is 1.17 bits per heavy atom. The van der Waals surface area contributed by atoms with Crippen LogP contribution in [0.5, 0.6) is 34.5 Å². The minimum atomic E-state index is -0.0428. The van der Waals surface area contributed by atoms with Gasteiger partial charge >= 0.3 is 0 Å². The highest BCUT2D eigenvalue weighted by atomic mass is 16.5. The van der Waals surface area contributed by atoms with E-state index in [-0.39, 0.29) is 11.5 Å². The molecule has 29 heavy (non-hydrogen) atoms. The van der Waals surface area contributed by atoms with Gasteiger partial charge in [0.15, 0.2) is 23.0 Å². The molecular weight excluding hydrogens is 372 g/mol. The van der Waals surface area contributed by atoms with Crippen LogP contribution in [0.4, 0.5) is 0 Å². The van der Waals surface area contributed by atoms with Crippen molar-refractivity contribution >= 4 is 0 Å². The van der Waals surface area contributed by atoms with Crippen molar-refractivity contribution in [1.82, 2.24) is 0 Å². The lowest BCUT2D eigenvalue weighted by atomic mass is 9.95. The highest BCUT2D eigenvalue weighted by Gasteiger charge is 2.18. The molecule has 2 N–H and O–H groups in total. The number of phenolic OH excluding ortho intramolecular Hbond substituents is 2.